The fourth-order valence-corrected chi connectivity index (χ4v) is 2.64. The first-order chi connectivity index (χ1) is 13.3. The molecule has 0 aliphatic carbocycles. The van der Waals surface area contributed by atoms with Crippen LogP contribution < -0.4 is 10.2 Å². The van der Waals surface area contributed by atoms with Gasteiger partial charge in [-0.05, 0) is 5.56 Å². The Morgan fingerprint density at radius 3 is 2.48 bits per heavy atom. The Bertz CT molecular complexity index is 1070. The van der Waals surface area contributed by atoms with Gasteiger partial charge >= 0.3 is 0 Å². The summed E-state index contributed by atoms with van der Waals surface area (Å²) in [6, 6.07) is 20.8. The Labute approximate surface area is 155 Å². The van der Waals surface area contributed by atoms with E-state index in [9.17, 15) is 4.79 Å². The second-order valence-corrected chi connectivity index (χ2v) is 6.02. The van der Waals surface area contributed by atoms with Crippen molar-refractivity contribution in [1.82, 2.24) is 15.0 Å². The van der Waals surface area contributed by atoms with Crippen molar-refractivity contribution in [3.8, 4) is 17.0 Å². The Morgan fingerprint density at radius 1 is 1.00 bits per heavy atom. The first kappa shape index (κ1) is 16.8. The van der Waals surface area contributed by atoms with Gasteiger partial charge in [-0.3, -0.25) is 4.79 Å². The van der Waals surface area contributed by atoms with Gasteiger partial charge in [0.1, 0.15) is 30.9 Å². The minimum Gasteiger partial charge on any atom is -0.482 e. The van der Waals surface area contributed by atoms with Crippen LogP contribution in [-0.4, -0.2) is 15.0 Å². The van der Waals surface area contributed by atoms with E-state index in [1.54, 1.807) is 4.68 Å². The molecule has 0 aliphatic heterocycles. The third kappa shape index (κ3) is 4.12. The molecule has 0 fully saturated rings. The quantitative estimate of drug-likeness (QED) is 0.527. The molecule has 0 N–H and O–H groups in total. The molecule has 0 saturated heterocycles. The fourth-order valence-electron chi connectivity index (χ4n) is 2.64. The van der Waals surface area contributed by atoms with Crippen molar-refractivity contribution in [3.05, 3.63) is 101 Å². The molecule has 27 heavy (non-hydrogen) atoms. The van der Waals surface area contributed by atoms with Crippen molar-refractivity contribution in [2.75, 3.05) is 0 Å². The first-order valence-corrected chi connectivity index (χ1v) is 8.52. The maximum absolute atomic E-state index is 12.2. The highest BCUT2D eigenvalue weighted by molar-refractivity contribution is 5.57. The lowest BCUT2D eigenvalue weighted by atomic mass is 10.2. The molecular weight excluding hydrogens is 342 g/mol. The SMILES string of the molecule is O=c1cc(Cn2cc(-c3ccccc3)nn2)occ1OCc1ccccc1. The van der Waals surface area contributed by atoms with Gasteiger partial charge < -0.3 is 9.15 Å². The minimum atomic E-state index is -0.226. The molecule has 0 atom stereocenters. The molecule has 134 valence electrons. The van der Waals surface area contributed by atoms with Gasteiger partial charge in [0.15, 0.2) is 0 Å². The Balaban J connectivity index is 1.44. The number of ether oxygens (including phenoxy) is 1. The molecule has 0 amide bonds. The first-order valence-electron chi connectivity index (χ1n) is 8.52. The summed E-state index contributed by atoms with van der Waals surface area (Å²) < 4.78 is 12.7. The largest absolute Gasteiger partial charge is 0.482 e. The molecule has 0 saturated carbocycles. The van der Waals surface area contributed by atoms with E-state index < -0.39 is 0 Å². The third-order valence-corrected chi connectivity index (χ3v) is 4.02. The van der Waals surface area contributed by atoms with Crippen molar-refractivity contribution >= 4 is 0 Å². The lowest BCUT2D eigenvalue weighted by molar-refractivity contribution is 0.289. The van der Waals surface area contributed by atoms with E-state index in [1.807, 2.05) is 66.9 Å². The molecule has 6 heteroatoms. The Kier molecular flexibility index (Phi) is 4.78. The van der Waals surface area contributed by atoms with Crippen LogP contribution in [0.3, 0.4) is 0 Å². The molecule has 2 aromatic carbocycles. The molecular formula is C21H17N3O3. The smallest absolute Gasteiger partial charge is 0.227 e. The van der Waals surface area contributed by atoms with Crippen molar-refractivity contribution in [2.45, 2.75) is 13.2 Å². The van der Waals surface area contributed by atoms with Gasteiger partial charge in [-0.25, -0.2) is 4.68 Å². The molecule has 0 radical (unpaired) electrons. The van der Waals surface area contributed by atoms with E-state index in [-0.39, 0.29) is 11.2 Å². The fraction of sp³-hybridized carbons (Fsp3) is 0.0952. The second-order valence-electron chi connectivity index (χ2n) is 6.02. The number of benzene rings is 2. The highest BCUT2D eigenvalue weighted by Gasteiger charge is 2.08. The number of hydrogen-bond donors (Lipinski definition) is 0. The van der Waals surface area contributed by atoms with Crippen molar-refractivity contribution in [3.63, 3.8) is 0 Å². The van der Waals surface area contributed by atoms with Crippen LogP contribution in [0.1, 0.15) is 11.3 Å². The molecule has 4 rings (SSSR count). The predicted octanol–water partition coefficient (Wildman–Crippen LogP) is 3.53. The minimum absolute atomic E-state index is 0.186. The molecule has 2 heterocycles. The average Bonchev–Trinajstić information content (AvgIpc) is 3.17. The zero-order chi connectivity index (χ0) is 18.5. The van der Waals surface area contributed by atoms with E-state index in [0.717, 1.165) is 16.8 Å². The van der Waals surface area contributed by atoms with Crippen LogP contribution in [-0.2, 0) is 13.2 Å². The van der Waals surface area contributed by atoms with Crippen LogP contribution in [0.5, 0.6) is 5.75 Å². The summed E-state index contributed by atoms with van der Waals surface area (Å²) in [6.45, 7) is 0.627. The van der Waals surface area contributed by atoms with Crippen LogP contribution in [0.25, 0.3) is 11.3 Å². The van der Waals surface area contributed by atoms with Crippen molar-refractivity contribution in [2.24, 2.45) is 0 Å². The van der Waals surface area contributed by atoms with Crippen LogP contribution in [0, 0.1) is 0 Å². The zero-order valence-corrected chi connectivity index (χ0v) is 14.5. The van der Waals surface area contributed by atoms with E-state index in [4.69, 9.17) is 9.15 Å². The summed E-state index contributed by atoms with van der Waals surface area (Å²) in [6.07, 6.45) is 3.16. The van der Waals surface area contributed by atoms with Gasteiger partial charge in [-0.15, -0.1) is 5.10 Å². The number of aromatic nitrogens is 3. The summed E-state index contributed by atoms with van der Waals surface area (Å²) in [5.74, 6) is 0.669. The van der Waals surface area contributed by atoms with Crippen molar-refractivity contribution in [1.29, 1.82) is 0 Å². The van der Waals surface area contributed by atoms with E-state index in [1.165, 1.54) is 12.3 Å². The van der Waals surface area contributed by atoms with Crippen LogP contribution in [0.2, 0.25) is 0 Å². The van der Waals surface area contributed by atoms with E-state index >= 15 is 0 Å². The lowest BCUT2D eigenvalue weighted by Gasteiger charge is -2.06. The zero-order valence-electron chi connectivity index (χ0n) is 14.5. The standard InChI is InChI=1S/C21H17N3O3/c25-20-11-18(26-15-21(20)27-14-16-7-3-1-4-8-16)12-24-13-19(22-23-24)17-9-5-2-6-10-17/h1-11,13,15H,12,14H2. The van der Waals surface area contributed by atoms with Crippen LogP contribution in [0.15, 0.2) is 88.4 Å². The maximum atomic E-state index is 12.2. The summed E-state index contributed by atoms with van der Waals surface area (Å²) in [4.78, 5) is 12.2. The summed E-state index contributed by atoms with van der Waals surface area (Å²) in [7, 11) is 0. The average molecular weight is 359 g/mol. The molecule has 0 aliphatic rings. The summed E-state index contributed by atoms with van der Waals surface area (Å²) in [5, 5.41) is 8.24. The van der Waals surface area contributed by atoms with Gasteiger partial charge in [0.25, 0.3) is 0 Å². The Morgan fingerprint density at radius 2 is 1.74 bits per heavy atom. The molecule has 0 unspecified atom stereocenters. The second kappa shape index (κ2) is 7.70. The maximum Gasteiger partial charge on any atom is 0.227 e. The Hall–Kier alpha value is -3.67. The molecule has 2 aromatic heterocycles. The molecule has 4 aromatic rings. The normalized spacial score (nSPS) is 10.7. The van der Waals surface area contributed by atoms with Crippen LogP contribution >= 0.6 is 0 Å². The molecule has 0 bridgehead atoms. The van der Waals surface area contributed by atoms with E-state index in [0.29, 0.717) is 18.9 Å². The lowest BCUT2D eigenvalue weighted by Crippen LogP contribution is -2.09. The van der Waals surface area contributed by atoms with Gasteiger partial charge in [-0.1, -0.05) is 65.9 Å². The van der Waals surface area contributed by atoms with Crippen LogP contribution in [0.4, 0.5) is 0 Å². The summed E-state index contributed by atoms with van der Waals surface area (Å²) >= 11 is 0. The van der Waals surface area contributed by atoms with Gasteiger partial charge in [-0.2, -0.15) is 0 Å². The van der Waals surface area contributed by atoms with Crippen molar-refractivity contribution < 1.29 is 9.15 Å². The topological polar surface area (TPSA) is 70.2 Å². The molecule has 0 spiro atoms. The molecule has 6 nitrogen and oxygen atoms in total. The van der Waals surface area contributed by atoms with E-state index in [2.05, 4.69) is 10.3 Å². The van der Waals surface area contributed by atoms with Gasteiger partial charge in [0, 0.05) is 11.6 Å². The van der Waals surface area contributed by atoms with Gasteiger partial charge in [0.2, 0.25) is 11.2 Å². The summed E-state index contributed by atoms with van der Waals surface area (Å²) in [5.41, 5.74) is 2.50. The highest BCUT2D eigenvalue weighted by Crippen LogP contribution is 2.16. The third-order valence-electron chi connectivity index (χ3n) is 4.02. The highest BCUT2D eigenvalue weighted by atomic mass is 16.5. The number of hydrogen-bond acceptors (Lipinski definition) is 5. The number of rotatable bonds is 6. The number of nitrogens with zero attached hydrogens (tertiary/aromatic N) is 3. The monoisotopic (exact) mass is 359 g/mol. The van der Waals surface area contributed by atoms with Gasteiger partial charge in [0.05, 0.1) is 6.20 Å². The predicted molar refractivity (Wildman–Crippen MR) is 100 cm³/mol.